The van der Waals surface area contributed by atoms with Crippen LogP contribution in [0, 0.1) is 0 Å². The van der Waals surface area contributed by atoms with E-state index in [1.807, 2.05) is 6.92 Å². The highest BCUT2D eigenvalue weighted by atomic mass is 19.4. The zero-order chi connectivity index (χ0) is 17.3. The van der Waals surface area contributed by atoms with Crippen molar-refractivity contribution in [2.45, 2.75) is 25.6 Å². The highest BCUT2D eigenvalue weighted by molar-refractivity contribution is 5.91. The van der Waals surface area contributed by atoms with Crippen LogP contribution in [0.3, 0.4) is 0 Å². The lowest BCUT2D eigenvalue weighted by Gasteiger charge is -2.30. The molecule has 1 saturated heterocycles. The van der Waals surface area contributed by atoms with Crippen molar-refractivity contribution in [3.8, 4) is 5.75 Å². The number of nitrogens with one attached hydrogen (secondary N) is 1. The van der Waals surface area contributed by atoms with Crippen molar-refractivity contribution in [3.63, 3.8) is 0 Å². The summed E-state index contributed by atoms with van der Waals surface area (Å²) in [5.41, 5.74) is 2.41. The minimum atomic E-state index is -4.52. The molecule has 1 N–H and O–H groups in total. The third kappa shape index (κ3) is 3.03. The van der Waals surface area contributed by atoms with E-state index in [4.69, 9.17) is 4.74 Å². The first-order valence-corrected chi connectivity index (χ1v) is 7.69. The molecule has 0 saturated carbocycles. The van der Waals surface area contributed by atoms with Crippen molar-refractivity contribution in [2.24, 2.45) is 0 Å². The van der Waals surface area contributed by atoms with Crippen molar-refractivity contribution >= 4 is 16.7 Å². The van der Waals surface area contributed by atoms with Gasteiger partial charge in [-0.05, 0) is 23.9 Å². The Balaban J connectivity index is 2.15. The Labute approximate surface area is 137 Å². The second-order valence-corrected chi connectivity index (χ2v) is 5.55. The van der Waals surface area contributed by atoms with Crippen molar-refractivity contribution in [1.29, 1.82) is 0 Å². The van der Waals surface area contributed by atoms with Crippen LogP contribution >= 0.6 is 0 Å². The molecule has 4 nitrogen and oxygen atoms in total. The predicted molar refractivity (Wildman–Crippen MR) is 83.4 cm³/mol. The lowest BCUT2D eigenvalue weighted by atomic mass is 9.97. The molecule has 1 amide bonds. The molecule has 3 rings (SSSR count). The van der Waals surface area contributed by atoms with Gasteiger partial charge in [-0.2, -0.15) is 13.2 Å². The van der Waals surface area contributed by atoms with Crippen LogP contribution in [0.4, 0.5) is 13.2 Å². The number of alkyl halides is 3. The van der Waals surface area contributed by atoms with Crippen molar-refractivity contribution in [2.75, 3.05) is 13.2 Å². The Morgan fingerprint density at radius 1 is 1.21 bits per heavy atom. The van der Waals surface area contributed by atoms with Gasteiger partial charge < -0.3 is 4.74 Å². The van der Waals surface area contributed by atoms with Crippen molar-refractivity contribution < 1.29 is 22.7 Å². The highest BCUT2D eigenvalue weighted by Gasteiger charge is 2.47. The normalized spacial score (nSPS) is 17.1. The summed E-state index contributed by atoms with van der Waals surface area (Å²) >= 11 is 0. The molecule has 24 heavy (non-hydrogen) atoms. The number of fused-ring (bicyclic) bond motifs is 1. The molecule has 1 heterocycles. The Morgan fingerprint density at radius 3 is 2.50 bits per heavy atom. The molecule has 0 aromatic heterocycles. The van der Waals surface area contributed by atoms with Crippen LogP contribution in [0.2, 0.25) is 0 Å². The summed E-state index contributed by atoms with van der Waals surface area (Å²) < 4.78 is 46.7. The van der Waals surface area contributed by atoms with E-state index < -0.39 is 18.1 Å². The third-order valence-electron chi connectivity index (χ3n) is 3.98. The van der Waals surface area contributed by atoms with E-state index in [2.05, 4.69) is 5.43 Å². The van der Waals surface area contributed by atoms with E-state index in [9.17, 15) is 18.0 Å². The first kappa shape index (κ1) is 16.6. The molecule has 0 unspecified atom stereocenters. The first-order valence-electron chi connectivity index (χ1n) is 7.69. The van der Waals surface area contributed by atoms with Crippen molar-refractivity contribution in [3.05, 3.63) is 42.0 Å². The molecule has 2 aromatic carbocycles. The van der Waals surface area contributed by atoms with E-state index in [1.54, 1.807) is 30.3 Å². The van der Waals surface area contributed by atoms with Gasteiger partial charge in [0.2, 0.25) is 5.91 Å². The number of hydrogen-bond acceptors (Lipinski definition) is 3. The van der Waals surface area contributed by atoms with Gasteiger partial charge in [0.25, 0.3) is 0 Å². The van der Waals surface area contributed by atoms with Gasteiger partial charge >= 0.3 is 6.18 Å². The van der Waals surface area contributed by atoms with E-state index in [0.29, 0.717) is 23.1 Å². The molecule has 1 aliphatic heterocycles. The van der Waals surface area contributed by atoms with Crippen LogP contribution in [0.5, 0.6) is 5.75 Å². The van der Waals surface area contributed by atoms with Gasteiger partial charge in [-0.3, -0.25) is 10.2 Å². The fourth-order valence-electron chi connectivity index (χ4n) is 3.02. The second kappa shape index (κ2) is 6.32. The third-order valence-corrected chi connectivity index (χ3v) is 3.98. The fraction of sp³-hybridized carbons (Fsp3) is 0.353. The molecular weight excluding hydrogens is 321 g/mol. The zero-order valence-corrected chi connectivity index (χ0v) is 13.1. The lowest BCUT2D eigenvalue weighted by molar-refractivity contribution is -0.190. The number of hydrogen-bond donors (Lipinski definition) is 1. The van der Waals surface area contributed by atoms with Crippen LogP contribution in [0.25, 0.3) is 10.8 Å². The van der Waals surface area contributed by atoms with Crippen LogP contribution in [0.15, 0.2) is 36.4 Å². The van der Waals surface area contributed by atoms with Gasteiger partial charge in [0.1, 0.15) is 5.75 Å². The zero-order valence-electron chi connectivity index (χ0n) is 13.1. The van der Waals surface area contributed by atoms with E-state index in [-0.39, 0.29) is 18.5 Å². The van der Waals surface area contributed by atoms with Crippen LogP contribution in [-0.2, 0) is 4.79 Å². The second-order valence-electron chi connectivity index (χ2n) is 5.55. The van der Waals surface area contributed by atoms with Gasteiger partial charge in [0.15, 0.2) is 6.04 Å². The number of rotatable bonds is 4. The minimum absolute atomic E-state index is 0.0184. The number of amides is 1. The Hall–Kier alpha value is -2.28. The van der Waals surface area contributed by atoms with Crippen LogP contribution in [-0.4, -0.2) is 30.2 Å². The highest BCUT2D eigenvalue weighted by Crippen LogP contribution is 2.42. The van der Waals surface area contributed by atoms with Crippen LogP contribution < -0.4 is 10.2 Å². The maximum atomic E-state index is 13.7. The molecule has 0 radical (unpaired) electrons. The molecule has 2 aromatic rings. The van der Waals surface area contributed by atoms with Crippen molar-refractivity contribution in [1.82, 2.24) is 10.4 Å². The van der Waals surface area contributed by atoms with E-state index in [1.165, 1.54) is 6.07 Å². The molecule has 128 valence electrons. The monoisotopic (exact) mass is 338 g/mol. The smallest absolute Gasteiger partial charge is 0.409 e. The Morgan fingerprint density at radius 2 is 1.92 bits per heavy atom. The number of ether oxygens (including phenoxy) is 1. The standard InChI is InChI=1S/C17H17F3N2O2/c1-2-24-14-8-7-13(11-5-3-4-6-12(11)14)16(17(18,19)20)22-10-9-15(23)21-22/h3-8,16H,2,9-10H2,1H3,(H,21,23)/t16-/m0/s1. The number of benzene rings is 2. The molecule has 0 aliphatic carbocycles. The number of carbonyl (C=O) groups excluding carboxylic acids is 1. The number of carbonyl (C=O) groups is 1. The lowest BCUT2D eigenvalue weighted by Crippen LogP contribution is -2.43. The molecule has 0 spiro atoms. The number of hydrazine groups is 1. The molecule has 0 bridgehead atoms. The summed E-state index contributed by atoms with van der Waals surface area (Å²) in [5, 5.41) is 2.05. The summed E-state index contributed by atoms with van der Waals surface area (Å²) in [6.45, 7) is 2.26. The number of nitrogens with zero attached hydrogens (tertiary/aromatic N) is 1. The summed E-state index contributed by atoms with van der Waals surface area (Å²) in [7, 11) is 0. The Bertz CT molecular complexity index is 761. The quantitative estimate of drug-likeness (QED) is 0.926. The molecule has 1 atom stereocenters. The average molecular weight is 338 g/mol. The predicted octanol–water partition coefficient (Wildman–Crippen LogP) is 3.58. The number of halogens is 3. The van der Waals surface area contributed by atoms with Gasteiger partial charge in [-0.15, -0.1) is 0 Å². The summed E-state index contributed by atoms with van der Waals surface area (Å²) in [6.07, 6.45) is -4.46. The first-order chi connectivity index (χ1) is 11.4. The maximum Gasteiger partial charge on any atom is 0.409 e. The maximum absolute atomic E-state index is 13.7. The Kier molecular flexibility index (Phi) is 4.36. The minimum Gasteiger partial charge on any atom is -0.493 e. The van der Waals surface area contributed by atoms with Crippen LogP contribution in [0.1, 0.15) is 24.9 Å². The average Bonchev–Trinajstić information content (AvgIpc) is 2.94. The van der Waals surface area contributed by atoms with Gasteiger partial charge in [-0.25, -0.2) is 5.01 Å². The molecule has 1 aliphatic rings. The summed E-state index contributed by atoms with van der Waals surface area (Å²) in [5.74, 6) is 0.141. The van der Waals surface area contributed by atoms with Gasteiger partial charge in [0.05, 0.1) is 6.61 Å². The van der Waals surface area contributed by atoms with Gasteiger partial charge in [-0.1, -0.05) is 30.3 Å². The SMILES string of the molecule is CCOc1ccc([C@H](N2CCC(=O)N2)C(F)(F)F)c2ccccc12. The summed E-state index contributed by atoms with van der Waals surface area (Å²) in [6, 6.07) is 7.91. The molecular formula is C17H17F3N2O2. The fourth-order valence-corrected chi connectivity index (χ4v) is 3.02. The summed E-state index contributed by atoms with van der Waals surface area (Å²) in [4.78, 5) is 11.4. The molecule has 7 heteroatoms. The van der Waals surface area contributed by atoms with E-state index in [0.717, 1.165) is 5.01 Å². The topological polar surface area (TPSA) is 41.6 Å². The van der Waals surface area contributed by atoms with E-state index >= 15 is 0 Å². The molecule has 1 fully saturated rings. The largest absolute Gasteiger partial charge is 0.493 e. The van der Waals surface area contributed by atoms with Gasteiger partial charge in [0, 0.05) is 18.4 Å².